The number of hydrogen-bond acceptors (Lipinski definition) is 2. The van der Waals surface area contributed by atoms with Crippen LogP contribution in [0.3, 0.4) is 0 Å². The summed E-state index contributed by atoms with van der Waals surface area (Å²) in [5.74, 6) is 0.431. The van der Waals surface area contributed by atoms with Gasteiger partial charge in [-0.1, -0.05) is 42.5 Å². The Balaban J connectivity index is 0.00000196. The van der Waals surface area contributed by atoms with E-state index in [1.807, 2.05) is 54.6 Å². The average molecular weight is 522 g/mol. The largest absolute Gasteiger partial charge is 0.692 e. The standard InChI is InChI=1S/C22H15NO2.Au/c24-21-10-3-1-8-17(21)15-6-5-7-16(14-15)19-12-13-20(23-19)18-9-2-4-11-22(18)25;/h1-13,24-25H;/q-2;. The Labute approximate surface area is 167 Å². The fourth-order valence-corrected chi connectivity index (χ4v) is 2.83. The van der Waals surface area contributed by atoms with E-state index < -0.39 is 0 Å². The van der Waals surface area contributed by atoms with Gasteiger partial charge >= 0.3 is 0 Å². The number of rotatable bonds is 3. The molecule has 0 amide bonds. The number of nitrogens with zero attached hydrogens (tertiary/aromatic N) is 1. The zero-order valence-corrected chi connectivity index (χ0v) is 15.8. The molecule has 1 aromatic heterocycles. The van der Waals surface area contributed by atoms with Gasteiger partial charge in [0.15, 0.2) is 0 Å². The normalized spacial score (nSPS) is 10.3. The molecule has 1 heterocycles. The second-order valence-corrected chi connectivity index (χ2v) is 5.73. The summed E-state index contributed by atoms with van der Waals surface area (Å²) in [6, 6.07) is 27.2. The zero-order valence-electron chi connectivity index (χ0n) is 13.6. The van der Waals surface area contributed by atoms with Crippen LogP contribution in [0.15, 0.2) is 78.9 Å². The summed E-state index contributed by atoms with van der Waals surface area (Å²) in [6.45, 7) is 0. The van der Waals surface area contributed by atoms with Crippen molar-refractivity contribution in [2.24, 2.45) is 0 Å². The van der Waals surface area contributed by atoms with E-state index in [0.29, 0.717) is 5.56 Å². The van der Waals surface area contributed by atoms with Crippen LogP contribution >= 0.6 is 0 Å². The number of aromatic nitrogens is 1. The van der Waals surface area contributed by atoms with Crippen molar-refractivity contribution in [1.29, 1.82) is 0 Å². The van der Waals surface area contributed by atoms with Gasteiger partial charge in [-0.05, 0) is 17.7 Å². The molecule has 3 nitrogen and oxygen atoms in total. The summed E-state index contributed by atoms with van der Waals surface area (Å²) in [5, 5.41) is 20.0. The Kier molecular flexibility index (Phi) is 5.33. The Bertz CT molecular complexity index is 1040. The van der Waals surface area contributed by atoms with E-state index >= 15 is 0 Å². The Morgan fingerprint density at radius 3 is 1.85 bits per heavy atom. The van der Waals surface area contributed by atoms with Gasteiger partial charge < -0.3 is 15.2 Å². The van der Waals surface area contributed by atoms with Crippen molar-refractivity contribution in [1.82, 2.24) is 4.98 Å². The first kappa shape index (κ1) is 18.1. The SMILES string of the molecule is Oc1ccccc1-c1[c-]c(-c2ccc(-c3ccccc3O)[n-]2)ccc1.[Au]. The molecular formula is C22H15AuNO2-2. The minimum atomic E-state index is 0. The predicted molar refractivity (Wildman–Crippen MR) is 98.2 cm³/mol. The van der Waals surface area contributed by atoms with Gasteiger partial charge in [0.05, 0.1) is 5.75 Å². The molecule has 26 heavy (non-hydrogen) atoms. The van der Waals surface area contributed by atoms with Crippen molar-refractivity contribution in [2.45, 2.75) is 0 Å². The molecule has 133 valence electrons. The van der Waals surface area contributed by atoms with Gasteiger partial charge in [-0.25, -0.2) is 5.69 Å². The minimum absolute atomic E-state index is 0. The van der Waals surface area contributed by atoms with Gasteiger partial charge in [-0.3, -0.25) is 0 Å². The van der Waals surface area contributed by atoms with Crippen LogP contribution in [0.4, 0.5) is 0 Å². The van der Waals surface area contributed by atoms with Crippen LogP contribution in [0.2, 0.25) is 0 Å². The van der Waals surface area contributed by atoms with Crippen LogP contribution in [-0.2, 0) is 22.4 Å². The molecule has 0 unspecified atom stereocenters. The number of phenolic OH excluding ortho intramolecular Hbond substituents is 2. The summed E-state index contributed by atoms with van der Waals surface area (Å²) in [6.07, 6.45) is 0. The second kappa shape index (κ2) is 7.67. The summed E-state index contributed by atoms with van der Waals surface area (Å²) in [7, 11) is 0. The van der Waals surface area contributed by atoms with Crippen molar-refractivity contribution in [3.63, 3.8) is 0 Å². The molecule has 0 saturated heterocycles. The van der Waals surface area contributed by atoms with Crippen LogP contribution in [-0.4, -0.2) is 10.2 Å². The maximum atomic E-state index is 10.0. The quantitative estimate of drug-likeness (QED) is 0.299. The van der Waals surface area contributed by atoms with Crippen LogP contribution in [0.5, 0.6) is 11.5 Å². The Morgan fingerprint density at radius 2 is 1.15 bits per heavy atom. The number of hydrogen-bond donors (Lipinski definition) is 2. The Morgan fingerprint density at radius 1 is 0.577 bits per heavy atom. The van der Waals surface area contributed by atoms with Crippen molar-refractivity contribution in [3.8, 4) is 45.1 Å². The molecule has 0 aliphatic carbocycles. The number of para-hydroxylation sites is 2. The topological polar surface area (TPSA) is 54.6 Å². The van der Waals surface area contributed by atoms with E-state index in [0.717, 1.165) is 28.1 Å². The maximum Gasteiger partial charge on any atom is 0.121 e. The van der Waals surface area contributed by atoms with Gasteiger partial charge in [0.2, 0.25) is 0 Å². The Hall–Kier alpha value is -2.72. The first-order chi connectivity index (χ1) is 12.2. The van der Waals surface area contributed by atoms with Crippen LogP contribution in [0.1, 0.15) is 0 Å². The van der Waals surface area contributed by atoms with E-state index in [1.165, 1.54) is 0 Å². The minimum Gasteiger partial charge on any atom is -0.692 e. The van der Waals surface area contributed by atoms with Crippen LogP contribution in [0.25, 0.3) is 33.6 Å². The van der Waals surface area contributed by atoms with E-state index in [9.17, 15) is 10.2 Å². The molecule has 4 aromatic rings. The third-order valence-corrected chi connectivity index (χ3v) is 4.09. The van der Waals surface area contributed by atoms with Gasteiger partial charge in [0, 0.05) is 27.9 Å². The molecule has 4 heteroatoms. The molecule has 0 aliphatic rings. The molecule has 0 bridgehead atoms. The van der Waals surface area contributed by atoms with Crippen LogP contribution in [0, 0.1) is 6.07 Å². The number of benzene rings is 3. The fraction of sp³-hybridized carbons (Fsp3) is 0. The molecule has 0 saturated carbocycles. The molecule has 0 atom stereocenters. The third kappa shape index (κ3) is 3.46. The van der Waals surface area contributed by atoms with E-state index in [1.54, 1.807) is 24.3 Å². The summed E-state index contributed by atoms with van der Waals surface area (Å²) < 4.78 is 0. The molecule has 1 radical (unpaired) electrons. The monoisotopic (exact) mass is 522 g/mol. The zero-order chi connectivity index (χ0) is 17.2. The molecule has 2 N–H and O–H groups in total. The predicted octanol–water partition coefficient (Wildman–Crippen LogP) is 4.85. The van der Waals surface area contributed by atoms with Gasteiger partial charge in [-0.15, -0.1) is 47.2 Å². The molecular weight excluding hydrogens is 507 g/mol. The van der Waals surface area contributed by atoms with Gasteiger partial charge in [-0.2, -0.15) is 0 Å². The van der Waals surface area contributed by atoms with Crippen LogP contribution < -0.4 is 4.98 Å². The number of phenols is 2. The fourth-order valence-electron chi connectivity index (χ4n) is 2.83. The first-order valence-corrected chi connectivity index (χ1v) is 7.95. The molecule has 0 aliphatic heterocycles. The van der Waals surface area contributed by atoms with Crippen molar-refractivity contribution >= 4 is 0 Å². The molecule has 0 fully saturated rings. The van der Waals surface area contributed by atoms with Gasteiger partial charge in [0.25, 0.3) is 0 Å². The van der Waals surface area contributed by atoms with E-state index in [2.05, 4.69) is 11.1 Å². The summed E-state index contributed by atoms with van der Waals surface area (Å²) in [5.41, 5.74) is 4.57. The van der Waals surface area contributed by atoms with Crippen molar-refractivity contribution in [3.05, 3.63) is 84.9 Å². The number of aromatic hydroxyl groups is 2. The summed E-state index contributed by atoms with van der Waals surface area (Å²) in [4.78, 5) is 4.62. The van der Waals surface area contributed by atoms with Gasteiger partial charge in [0.1, 0.15) is 5.75 Å². The molecule has 3 aromatic carbocycles. The van der Waals surface area contributed by atoms with Crippen molar-refractivity contribution in [2.75, 3.05) is 0 Å². The smallest absolute Gasteiger partial charge is 0.121 e. The van der Waals surface area contributed by atoms with Crippen molar-refractivity contribution < 1.29 is 32.6 Å². The van der Waals surface area contributed by atoms with E-state index in [4.69, 9.17) is 0 Å². The second-order valence-electron chi connectivity index (χ2n) is 5.73. The average Bonchev–Trinajstić information content (AvgIpc) is 3.12. The third-order valence-electron chi connectivity index (χ3n) is 4.09. The van der Waals surface area contributed by atoms with E-state index in [-0.39, 0.29) is 33.9 Å². The molecule has 4 rings (SSSR count). The molecule has 0 spiro atoms. The maximum absolute atomic E-state index is 10.0. The first-order valence-electron chi connectivity index (χ1n) is 7.95. The summed E-state index contributed by atoms with van der Waals surface area (Å²) >= 11 is 0.